The van der Waals surface area contributed by atoms with Gasteiger partial charge in [-0.25, -0.2) is 0 Å². The maximum absolute atomic E-state index is 5.71. The molecule has 0 aromatic carbocycles. The van der Waals surface area contributed by atoms with E-state index in [1.165, 1.54) is 57.8 Å². The Hall–Kier alpha value is -0.340. The molecule has 0 saturated carbocycles. The van der Waals surface area contributed by atoms with Gasteiger partial charge in [-0.15, -0.1) is 0 Å². The summed E-state index contributed by atoms with van der Waals surface area (Å²) < 4.78 is 11.2. The molecule has 0 unspecified atom stereocenters. The van der Waals surface area contributed by atoms with Crippen LogP contribution in [0.2, 0.25) is 0 Å². The van der Waals surface area contributed by atoms with Gasteiger partial charge in [0.25, 0.3) is 0 Å². The SMILES string of the molecule is CCCCCC/C=C/CCCCO[C@H]1CCCCO1. The van der Waals surface area contributed by atoms with E-state index in [2.05, 4.69) is 19.1 Å². The molecule has 0 aromatic rings. The molecule has 0 aromatic heterocycles. The first kappa shape index (κ1) is 16.7. The second kappa shape index (κ2) is 12.7. The van der Waals surface area contributed by atoms with Crippen LogP contribution in [0.5, 0.6) is 0 Å². The molecule has 2 heteroatoms. The van der Waals surface area contributed by atoms with Gasteiger partial charge in [0.2, 0.25) is 0 Å². The summed E-state index contributed by atoms with van der Waals surface area (Å²) in [6.07, 6.45) is 18.6. The van der Waals surface area contributed by atoms with Gasteiger partial charge in [0.15, 0.2) is 6.29 Å². The van der Waals surface area contributed by atoms with Crippen molar-refractivity contribution in [3.8, 4) is 0 Å². The molecule has 1 aliphatic heterocycles. The van der Waals surface area contributed by atoms with Crippen molar-refractivity contribution in [1.29, 1.82) is 0 Å². The fourth-order valence-corrected chi connectivity index (χ4v) is 2.35. The third-order valence-corrected chi connectivity index (χ3v) is 3.60. The zero-order valence-corrected chi connectivity index (χ0v) is 12.7. The Morgan fingerprint density at radius 2 is 1.79 bits per heavy atom. The number of hydrogen-bond donors (Lipinski definition) is 0. The number of allylic oxidation sites excluding steroid dienone is 2. The average Bonchev–Trinajstić information content (AvgIpc) is 2.46. The molecule has 0 bridgehead atoms. The van der Waals surface area contributed by atoms with Crippen LogP contribution in [0.1, 0.15) is 77.6 Å². The normalized spacial score (nSPS) is 20.2. The molecule has 1 heterocycles. The largest absolute Gasteiger partial charge is 0.353 e. The van der Waals surface area contributed by atoms with Crippen LogP contribution in [0.15, 0.2) is 12.2 Å². The Morgan fingerprint density at radius 3 is 2.47 bits per heavy atom. The van der Waals surface area contributed by atoms with Gasteiger partial charge >= 0.3 is 0 Å². The maximum atomic E-state index is 5.71. The lowest BCUT2D eigenvalue weighted by Gasteiger charge is -2.22. The Bertz CT molecular complexity index is 207. The van der Waals surface area contributed by atoms with E-state index < -0.39 is 0 Å². The van der Waals surface area contributed by atoms with Crippen LogP contribution in [-0.2, 0) is 9.47 Å². The van der Waals surface area contributed by atoms with Crippen molar-refractivity contribution in [2.24, 2.45) is 0 Å². The highest BCUT2D eigenvalue weighted by atomic mass is 16.7. The van der Waals surface area contributed by atoms with Crippen molar-refractivity contribution in [3.05, 3.63) is 12.2 Å². The molecular formula is C17H32O2. The molecule has 0 amide bonds. The van der Waals surface area contributed by atoms with E-state index in [0.29, 0.717) is 0 Å². The summed E-state index contributed by atoms with van der Waals surface area (Å²) in [5.41, 5.74) is 0. The lowest BCUT2D eigenvalue weighted by Crippen LogP contribution is -2.22. The molecule has 1 saturated heterocycles. The predicted molar refractivity (Wildman–Crippen MR) is 81.3 cm³/mol. The number of ether oxygens (including phenoxy) is 2. The first-order valence-corrected chi connectivity index (χ1v) is 8.31. The summed E-state index contributed by atoms with van der Waals surface area (Å²) in [6, 6.07) is 0. The van der Waals surface area contributed by atoms with Gasteiger partial charge in [0.1, 0.15) is 0 Å². The van der Waals surface area contributed by atoms with Crippen molar-refractivity contribution < 1.29 is 9.47 Å². The van der Waals surface area contributed by atoms with E-state index in [9.17, 15) is 0 Å². The minimum atomic E-state index is 0.0860. The topological polar surface area (TPSA) is 18.5 Å². The van der Waals surface area contributed by atoms with E-state index in [4.69, 9.17) is 9.47 Å². The zero-order valence-electron chi connectivity index (χ0n) is 12.7. The van der Waals surface area contributed by atoms with E-state index in [1.807, 2.05) is 0 Å². The van der Waals surface area contributed by atoms with Crippen molar-refractivity contribution in [2.45, 2.75) is 83.8 Å². The van der Waals surface area contributed by atoms with Crippen LogP contribution < -0.4 is 0 Å². The predicted octanol–water partition coefficient (Wildman–Crippen LogP) is 5.23. The second-order valence-electron chi connectivity index (χ2n) is 5.48. The molecule has 2 nitrogen and oxygen atoms in total. The van der Waals surface area contributed by atoms with Crippen molar-refractivity contribution in [1.82, 2.24) is 0 Å². The lowest BCUT2D eigenvalue weighted by molar-refractivity contribution is -0.162. The van der Waals surface area contributed by atoms with E-state index in [-0.39, 0.29) is 6.29 Å². The van der Waals surface area contributed by atoms with Gasteiger partial charge in [-0.3, -0.25) is 0 Å². The third-order valence-electron chi connectivity index (χ3n) is 3.60. The molecule has 19 heavy (non-hydrogen) atoms. The number of unbranched alkanes of at least 4 members (excludes halogenated alkanes) is 6. The van der Waals surface area contributed by atoms with Gasteiger partial charge in [0.05, 0.1) is 0 Å². The highest BCUT2D eigenvalue weighted by molar-refractivity contribution is 4.81. The fourth-order valence-electron chi connectivity index (χ4n) is 2.35. The van der Waals surface area contributed by atoms with Crippen LogP contribution in [0.25, 0.3) is 0 Å². The van der Waals surface area contributed by atoms with Crippen LogP contribution >= 0.6 is 0 Å². The molecule has 1 aliphatic rings. The minimum absolute atomic E-state index is 0.0860. The number of rotatable bonds is 11. The van der Waals surface area contributed by atoms with Gasteiger partial charge in [0, 0.05) is 13.2 Å². The first-order chi connectivity index (χ1) is 9.43. The van der Waals surface area contributed by atoms with Gasteiger partial charge in [-0.05, 0) is 51.4 Å². The van der Waals surface area contributed by atoms with Crippen molar-refractivity contribution >= 4 is 0 Å². The van der Waals surface area contributed by atoms with Crippen LogP contribution in [0.4, 0.5) is 0 Å². The molecule has 1 rings (SSSR count). The fraction of sp³-hybridized carbons (Fsp3) is 0.882. The molecule has 0 radical (unpaired) electrons. The average molecular weight is 268 g/mol. The van der Waals surface area contributed by atoms with Crippen LogP contribution in [0.3, 0.4) is 0 Å². The van der Waals surface area contributed by atoms with Crippen molar-refractivity contribution in [3.63, 3.8) is 0 Å². The highest BCUT2D eigenvalue weighted by Gasteiger charge is 2.12. The monoisotopic (exact) mass is 268 g/mol. The van der Waals surface area contributed by atoms with Gasteiger partial charge < -0.3 is 9.47 Å². The summed E-state index contributed by atoms with van der Waals surface area (Å²) in [4.78, 5) is 0. The molecule has 0 N–H and O–H groups in total. The second-order valence-corrected chi connectivity index (χ2v) is 5.48. The van der Waals surface area contributed by atoms with E-state index in [0.717, 1.165) is 26.1 Å². The molecule has 112 valence electrons. The molecule has 1 fully saturated rings. The Morgan fingerprint density at radius 1 is 1.00 bits per heavy atom. The standard InChI is InChI=1S/C17H32O2/c1-2-3-4-5-6-7-8-9-10-12-15-18-17-14-11-13-16-19-17/h7-8,17H,2-6,9-16H2,1H3/b8-7+/t17-/m1/s1. The molecule has 0 spiro atoms. The van der Waals surface area contributed by atoms with Crippen molar-refractivity contribution in [2.75, 3.05) is 13.2 Å². The third kappa shape index (κ3) is 10.1. The van der Waals surface area contributed by atoms with Crippen LogP contribution in [0, 0.1) is 0 Å². The zero-order chi connectivity index (χ0) is 13.6. The van der Waals surface area contributed by atoms with Crippen LogP contribution in [-0.4, -0.2) is 19.5 Å². The summed E-state index contributed by atoms with van der Waals surface area (Å²) in [7, 11) is 0. The summed E-state index contributed by atoms with van der Waals surface area (Å²) in [5, 5.41) is 0. The quantitative estimate of drug-likeness (QED) is 0.377. The number of hydrogen-bond acceptors (Lipinski definition) is 2. The van der Waals surface area contributed by atoms with E-state index >= 15 is 0 Å². The summed E-state index contributed by atoms with van der Waals surface area (Å²) in [5.74, 6) is 0. The first-order valence-electron chi connectivity index (χ1n) is 8.31. The Balaban J connectivity index is 1.78. The molecule has 1 atom stereocenters. The summed E-state index contributed by atoms with van der Waals surface area (Å²) >= 11 is 0. The maximum Gasteiger partial charge on any atom is 0.157 e. The lowest BCUT2D eigenvalue weighted by atomic mass is 10.1. The smallest absolute Gasteiger partial charge is 0.157 e. The highest BCUT2D eigenvalue weighted by Crippen LogP contribution is 2.14. The van der Waals surface area contributed by atoms with Gasteiger partial charge in [-0.1, -0.05) is 38.3 Å². The Labute approximate surface area is 119 Å². The molecule has 0 aliphatic carbocycles. The van der Waals surface area contributed by atoms with E-state index in [1.54, 1.807) is 0 Å². The minimum Gasteiger partial charge on any atom is -0.353 e. The Kier molecular flexibility index (Phi) is 11.2. The molecular weight excluding hydrogens is 236 g/mol. The summed E-state index contributed by atoms with van der Waals surface area (Å²) in [6.45, 7) is 4.00. The van der Waals surface area contributed by atoms with Gasteiger partial charge in [-0.2, -0.15) is 0 Å².